The molecule has 0 unspecified atom stereocenters. The fraction of sp³-hybridized carbons (Fsp3) is 0.100. The Morgan fingerprint density at radius 1 is 0.750 bits per heavy atom. The van der Waals surface area contributed by atoms with Crippen LogP contribution in [-0.2, 0) is 19.2 Å². The van der Waals surface area contributed by atoms with Gasteiger partial charge in [-0.1, -0.05) is 66.7 Å². The van der Waals surface area contributed by atoms with E-state index in [9.17, 15) is 17.6 Å². The summed E-state index contributed by atoms with van der Waals surface area (Å²) in [5.41, 5.74) is 3.19. The molecule has 0 bridgehead atoms. The van der Waals surface area contributed by atoms with E-state index in [0.717, 1.165) is 28.3 Å². The van der Waals surface area contributed by atoms with Crippen molar-refractivity contribution in [3.05, 3.63) is 131 Å². The Morgan fingerprint density at radius 3 is 2.25 bits per heavy atom. The summed E-state index contributed by atoms with van der Waals surface area (Å²) in [6.07, 6.45) is -2.48. The van der Waals surface area contributed by atoms with Gasteiger partial charge in [0.05, 0.1) is 11.1 Å². The topological polar surface area (TPSA) is 22.1 Å². The third kappa shape index (κ3) is 5.08. The minimum absolute atomic E-state index is 0.0885. The van der Waals surface area contributed by atoms with Gasteiger partial charge < -0.3 is 4.74 Å². The van der Waals surface area contributed by atoms with Gasteiger partial charge in [-0.25, -0.2) is 4.39 Å². The predicted molar refractivity (Wildman–Crippen MR) is 132 cm³/mol. The van der Waals surface area contributed by atoms with Crippen LogP contribution in [0, 0.1) is 5.82 Å². The zero-order chi connectivity index (χ0) is 25.1. The molecule has 0 spiro atoms. The Kier molecular flexibility index (Phi) is 6.42. The van der Waals surface area contributed by atoms with Crippen molar-refractivity contribution in [1.82, 2.24) is 4.98 Å². The lowest BCUT2D eigenvalue weighted by atomic mass is 9.92. The number of rotatable bonds is 6. The number of hydrogen-bond acceptors (Lipinski definition) is 2. The lowest BCUT2D eigenvalue weighted by molar-refractivity contribution is -0.136. The Morgan fingerprint density at radius 2 is 1.50 bits per heavy atom. The van der Waals surface area contributed by atoms with Crippen LogP contribution in [0.15, 0.2) is 103 Å². The van der Waals surface area contributed by atoms with Gasteiger partial charge in [0, 0.05) is 11.6 Å². The minimum Gasteiger partial charge on any atom is -0.489 e. The molecule has 0 atom stereocenters. The van der Waals surface area contributed by atoms with Gasteiger partial charge in [-0.2, -0.15) is 13.2 Å². The Hall–Kier alpha value is -4.19. The number of para-hydroxylation sites is 1. The number of fused-ring (bicyclic) bond motifs is 1. The molecule has 1 heterocycles. The molecular weight excluding hydrogens is 466 g/mol. The van der Waals surface area contributed by atoms with Crippen molar-refractivity contribution in [2.24, 2.45) is 0 Å². The van der Waals surface area contributed by atoms with Crippen LogP contribution in [0.5, 0.6) is 5.75 Å². The highest BCUT2D eigenvalue weighted by molar-refractivity contribution is 5.98. The number of halogens is 4. The number of nitrogens with zero attached hydrogens (tertiary/aromatic N) is 1. The van der Waals surface area contributed by atoms with E-state index in [0.29, 0.717) is 23.1 Å². The molecule has 0 aliphatic carbocycles. The molecule has 0 fully saturated rings. The van der Waals surface area contributed by atoms with E-state index < -0.39 is 11.7 Å². The van der Waals surface area contributed by atoms with Crippen LogP contribution < -0.4 is 4.74 Å². The molecule has 0 saturated heterocycles. The third-order valence-electron chi connectivity index (χ3n) is 5.96. The second-order valence-corrected chi connectivity index (χ2v) is 8.46. The van der Waals surface area contributed by atoms with E-state index in [4.69, 9.17) is 4.74 Å². The van der Waals surface area contributed by atoms with Gasteiger partial charge in [-0.3, -0.25) is 4.98 Å². The van der Waals surface area contributed by atoms with Gasteiger partial charge in [-0.05, 0) is 64.6 Å². The van der Waals surface area contributed by atoms with Crippen LogP contribution in [0.2, 0.25) is 0 Å². The Labute approximate surface area is 205 Å². The van der Waals surface area contributed by atoms with Crippen molar-refractivity contribution in [3.8, 4) is 16.9 Å². The van der Waals surface area contributed by atoms with Crippen molar-refractivity contribution in [2.75, 3.05) is 0 Å². The fourth-order valence-electron chi connectivity index (χ4n) is 4.27. The SMILES string of the molecule is Fc1ccc(COc2cccc(-c3c(Cc4ccccc4)cnc4c(C(F)(F)F)cccc34)c2)cc1. The Balaban J connectivity index is 1.60. The number of pyridine rings is 1. The van der Waals surface area contributed by atoms with Gasteiger partial charge in [0.25, 0.3) is 0 Å². The summed E-state index contributed by atoms with van der Waals surface area (Å²) in [7, 11) is 0. The first kappa shape index (κ1) is 23.5. The number of aromatic nitrogens is 1. The highest BCUT2D eigenvalue weighted by Crippen LogP contribution is 2.39. The maximum atomic E-state index is 13.8. The number of ether oxygens (including phenoxy) is 1. The van der Waals surface area contributed by atoms with Crippen LogP contribution in [0.3, 0.4) is 0 Å². The van der Waals surface area contributed by atoms with Crippen LogP contribution in [0.1, 0.15) is 22.3 Å². The van der Waals surface area contributed by atoms with Crippen molar-refractivity contribution in [3.63, 3.8) is 0 Å². The molecule has 0 N–H and O–H groups in total. The molecule has 0 radical (unpaired) electrons. The number of alkyl halides is 3. The maximum absolute atomic E-state index is 13.8. The number of benzene rings is 4. The summed E-state index contributed by atoms with van der Waals surface area (Å²) < 4.78 is 60.4. The van der Waals surface area contributed by atoms with Gasteiger partial charge >= 0.3 is 6.18 Å². The van der Waals surface area contributed by atoms with Crippen LogP contribution in [0.25, 0.3) is 22.0 Å². The lowest BCUT2D eigenvalue weighted by Crippen LogP contribution is -2.07. The Bertz CT molecular complexity index is 1500. The van der Waals surface area contributed by atoms with Crippen molar-refractivity contribution in [2.45, 2.75) is 19.2 Å². The highest BCUT2D eigenvalue weighted by atomic mass is 19.4. The molecule has 36 heavy (non-hydrogen) atoms. The lowest BCUT2D eigenvalue weighted by Gasteiger charge is -2.17. The summed E-state index contributed by atoms with van der Waals surface area (Å²) in [6.45, 7) is 0.232. The summed E-state index contributed by atoms with van der Waals surface area (Å²) >= 11 is 0. The van der Waals surface area contributed by atoms with E-state index >= 15 is 0 Å². The molecule has 0 aliphatic heterocycles. The summed E-state index contributed by atoms with van der Waals surface area (Å²) in [4.78, 5) is 4.25. The second kappa shape index (κ2) is 9.82. The number of hydrogen-bond donors (Lipinski definition) is 0. The van der Waals surface area contributed by atoms with Crippen LogP contribution in [0.4, 0.5) is 17.6 Å². The first-order valence-electron chi connectivity index (χ1n) is 11.4. The first-order chi connectivity index (χ1) is 17.4. The van der Waals surface area contributed by atoms with Crippen molar-refractivity contribution in [1.29, 1.82) is 0 Å². The predicted octanol–water partition coefficient (Wildman–Crippen LogP) is 8.23. The summed E-state index contributed by atoms with van der Waals surface area (Å²) in [6, 6.07) is 27.1. The smallest absolute Gasteiger partial charge is 0.418 e. The zero-order valence-corrected chi connectivity index (χ0v) is 19.1. The normalized spacial score (nSPS) is 11.6. The molecule has 5 aromatic rings. The molecule has 0 amide bonds. The van der Waals surface area contributed by atoms with Crippen molar-refractivity contribution >= 4 is 10.9 Å². The molecule has 180 valence electrons. The molecule has 6 heteroatoms. The third-order valence-corrected chi connectivity index (χ3v) is 5.96. The largest absolute Gasteiger partial charge is 0.489 e. The van der Waals surface area contributed by atoms with Gasteiger partial charge in [0.1, 0.15) is 18.2 Å². The molecule has 5 rings (SSSR count). The van der Waals surface area contributed by atoms with Gasteiger partial charge in [0.2, 0.25) is 0 Å². The van der Waals surface area contributed by atoms with E-state index in [1.807, 2.05) is 48.5 Å². The quantitative estimate of drug-likeness (QED) is 0.225. The van der Waals surface area contributed by atoms with E-state index in [2.05, 4.69) is 4.98 Å². The molecule has 0 saturated carbocycles. The second-order valence-electron chi connectivity index (χ2n) is 8.46. The van der Waals surface area contributed by atoms with E-state index in [1.54, 1.807) is 24.3 Å². The molecular formula is C30H21F4NO. The fourth-order valence-corrected chi connectivity index (χ4v) is 4.27. The van der Waals surface area contributed by atoms with E-state index in [-0.39, 0.29) is 17.9 Å². The van der Waals surface area contributed by atoms with Crippen molar-refractivity contribution < 1.29 is 22.3 Å². The monoisotopic (exact) mass is 487 g/mol. The van der Waals surface area contributed by atoms with Gasteiger partial charge in [-0.15, -0.1) is 0 Å². The average molecular weight is 487 g/mol. The molecule has 2 nitrogen and oxygen atoms in total. The summed E-state index contributed by atoms with van der Waals surface area (Å²) in [5, 5.41) is 0.425. The van der Waals surface area contributed by atoms with E-state index in [1.165, 1.54) is 24.4 Å². The standard InChI is InChI=1S/C30H21F4NO/c31-24-14-12-21(13-15-24)19-36-25-9-4-8-22(17-25)28-23(16-20-6-2-1-3-7-20)18-35-29-26(28)10-5-11-27(29)30(32,33)34/h1-15,17-18H,16,19H2. The maximum Gasteiger partial charge on any atom is 0.418 e. The minimum atomic E-state index is -4.52. The van der Waals surface area contributed by atoms with Crippen LogP contribution in [-0.4, -0.2) is 4.98 Å². The van der Waals surface area contributed by atoms with Crippen LogP contribution >= 0.6 is 0 Å². The first-order valence-corrected chi connectivity index (χ1v) is 11.4. The molecule has 1 aromatic heterocycles. The zero-order valence-electron chi connectivity index (χ0n) is 19.1. The van der Waals surface area contributed by atoms with Gasteiger partial charge in [0.15, 0.2) is 0 Å². The summed E-state index contributed by atoms with van der Waals surface area (Å²) in [5.74, 6) is 0.230. The molecule has 0 aliphatic rings. The molecule has 4 aromatic carbocycles. The average Bonchev–Trinajstić information content (AvgIpc) is 2.88. The highest BCUT2D eigenvalue weighted by Gasteiger charge is 2.33.